The van der Waals surface area contributed by atoms with Gasteiger partial charge >= 0.3 is 0 Å². The van der Waals surface area contributed by atoms with E-state index in [-0.39, 0.29) is 11.3 Å². The van der Waals surface area contributed by atoms with Crippen molar-refractivity contribution in [2.75, 3.05) is 5.32 Å². The summed E-state index contributed by atoms with van der Waals surface area (Å²) in [6.07, 6.45) is 0. The molecule has 1 unspecified atom stereocenters. The van der Waals surface area contributed by atoms with Crippen molar-refractivity contribution in [3.05, 3.63) is 101 Å². The van der Waals surface area contributed by atoms with Gasteiger partial charge in [0.1, 0.15) is 11.1 Å². The summed E-state index contributed by atoms with van der Waals surface area (Å²) in [6, 6.07) is 28.6. The molecule has 4 aromatic rings. The number of nitrogens with one attached hydrogen (secondary N) is 1. The molecule has 1 heterocycles. The van der Waals surface area contributed by atoms with Crippen LogP contribution in [-0.2, 0) is 10.2 Å². The minimum atomic E-state index is -0.462. The van der Waals surface area contributed by atoms with Crippen molar-refractivity contribution in [1.82, 2.24) is 4.98 Å². The molecule has 1 atom stereocenters. The van der Waals surface area contributed by atoms with E-state index in [9.17, 15) is 10.1 Å². The number of hydrogen-bond donors (Lipinski definition) is 1. The number of hydrogen-bond acceptors (Lipinski definition) is 4. The third kappa shape index (κ3) is 5.98. The fraction of sp³-hybridized carbons (Fsp3) is 0.242. The van der Waals surface area contributed by atoms with Crippen molar-refractivity contribution in [2.24, 2.45) is 0 Å². The van der Waals surface area contributed by atoms with E-state index in [1.165, 1.54) is 17.3 Å². The van der Waals surface area contributed by atoms with Crippen LogP contribution in [-0.4, -0.2) is 16.1 Å². The molecule has 0 saturated heterocycles. The highest BCUT2D eigenvalue weighted by molar-refractivity contribution is 8.00. The summed E-state index contributed by atoms with van der Waals surface area (Å²) in [5.41, 5.74) is 8.07. The summed E-state index contributed by atoms with van der Waals surface area (Å²) in [5.74, 6) is -0.126. The van der Waals surface area contributed by atoms with Crippen LogP contribution in [0.25, 0.3) is 22.4 Å². The van der Waals surface area contributed by atoms with Gasteiger partial charge in [-0.05, 0) is 54.5 Å². The molecule has 0 fully saturated rings. The molecule has 3 aromatic carbocycles. The first-order valence-electron chi connectivity index (χ1n) is 12.7. The Hall–Kier alpha value is -3.88. The summed E-state index contributed by atoms with van der Waals surface area (Å²) < 4.78 is 0. The molecule has 0 aliphatic carbocycles. The maximum atomic E-state index is 13.2. The summed E-state index contributed by atoms with van der Waals surface area (Å²) in [5, 5.41) is 13.4. The lowest BCUT2D eigenvalue weighted by molar-refractivity contribution is -0.115. The highest BCUT2D eigenvalue weighted by atomic mass is 32.2. The number of thioether (sulfide) groups is 1. The van der Waals surface area contributed by atoms with Crippen molar-refractivity contribution in [1.29, 1.82) is 5.26 Å². The van der Waals surface area contributed by atoms with Gasteiger partial charge in [0.15, 0.2) is 0 Å². The number of para-hydroxylation sites is 1. The van der Waals surface area contributed by atoms with Crippen molar-refractivity contribution >= 4 is 23.4 Å². The number of nitrogens with zero attached hydrogens (tertiary/aromatic N) is 2. The number of aryl methyl sites for hydroxylation is 2. The van der Waals surface area contributed by atoms with Gasteiger partial charge in [-0.3, -0.25) is 4.79 Å². The Kier molecular flexibility index (Phi) is 8.04. The van der Waals surface area contributed by atoms with Gasteiger partial charge in [0.25, 0.3) is 0 Å². The van der Waals surface area contributed by atoms with Crippen LogP contribution in [0.5, 0.6) is 0 Å². The lowest BCUT2D eigenvalue weighted by atomic mass is 9.86. The average Bonchev–Trinajstić information content (AvgIpc) is 2.90. The zero-order valence-corrected chi connectivity index (χ0v) is 23.6. The van der Waals surface area contributed by atoms with Gasteiger partial charge < -0.3 is 5.32 Å². The third-order valence-electron chi connectivity index (χ3n) is 6.62. The van der Waals surface area contributed by atoms with Crippen molar-refractivity contribution in [3.8, 4) is 28.5 Å². The average molecular weight is 520 g/mol. The van der Waals surface area contributed by atoms with Crippen LogP contribution in [0, 0.1) is 25.2 Å². The Morgan fingerprint density at radius 2 is 1.55 bits per heavy atom. The number of pyridine rings is 1. The maximum Gasteiger partial charge on any atom is 0.237 e. The van der Waals surface area contributed by atoms with Crippen LogP contribution in [0.4, 0.5) is 5.69 Å². The lowest BCUT2D eigenvalue weighted by Crippen LogP contribution is -2.23. The molecule has 1 N–H and O–H groups in total. The zero-order valence-electron chi connectivity index (χ0n) is 22.8. The third-order valence-corrected chi connectivity index (χ3v) is 7.70. The molecule has 0 spiro atoms. The van der Waals surface area contributed by atoms with Crippen LogP contribution >= 0.6 is 11.8 Å². The van der Waals surface area contributed by atoms with Gasteiger partial charge in [0, 0.05) is 16.8 Å². The zero-order chi connectivity index (χ0) is 27.4. The quantitative estimate of drug-likeness (QED) is 0.260. The molecule has 38 heavy (non-hydrogen) atoms. The predicted octanol–water partition coefficient (Wildman–Crippen LogP) is 8.32. The largest absolute Gasteiger partial charge is 0.325 e. The van der Waals surface area contributed by atoms with Crippen LogP contribution in [0.2, 0.25) is 0 Å². The number of benzene rings is 3. The maximum absolute atomic E-state index is 13.2. The van der Waals surface area contributed by atoms with Crippen molar-refractivity contribution in [3.63, 3.8) is 0 Å². The lowest BCUT2D eigenvalue weighted by Gasteiger charge is -2.20. The van der Waals surface area contributed by atoms with E-state index in [1.54, 1.807) is 0 Å². The number of nitriles is 1. The van der Waals surface area contributed by atoms with Crippen molar-refractivity contribution < 1.29 is 4.79 Å². The standard InChI is InChI=1S/C33H33N3OS/c1-21-11-10-12-22(2)30(21)36-31(37)23(3)38-32-28(20-34)27(19-29(35-32)25-13-8-7-9-14-25)24-15-17-26(18-16-24)33(4,5)6/h7-19,23H,1-6H3,(H,36,37). The first-order chi connectivity index (χ1) is 18.1. The van der Waals surface area contributed by atoms with E-state index in [0.29, 0.717) is 10.6 Å². The molecular weight excluding hydrogens is 486 g/mol. The molecule has 192 valence electrons. The molecule has 0 radical (unpaired) electrons. The predicted molar refractivity (Wildman–Crippen MR) is 158 cm³/mol. The van der Waals surface area contributed by atoms with Crippen LogP contribution in [0.15, 0.2) is 83.9 Å². The van der Waals surface area contributed by atoms with E-state index in [4.69, 9.17) is 4.98 Å². The number of amides is 1. The summed E-state index contributed by atoms with van der Waals surface area (Å²) in [4.78, 5) is 18.1. The smallest absolute Gasteiger partial charge is 0.237 e. The molecule has 0 aliphatic rings. The number of rotatable bonds is 6. The monoisotopic (exact) mass is 519 g/mol. The second-order valence-electron chi connectivity index (χ2n) is 10.6. The number of carbonyl (C=O) groups is 1. The highest BCUT2D eigenvalue weighted by Crippen LogP contribution is 2.37. The van der Waals surface area contributed by atoms with Crippen LogP contribution in [0.1, 0.15) is 49.9 Å². The molecule has 5 heteroatoms. The Bertz CT molecular complexity index is 1480. The first-order valence-corrected chi connectivity index (χ1v) is 13.6. The second-order valence-corrected chi connectivity index (χ2v) is 11.9. The van der Waals surface area contributed by atoms with E-state index in [1.807, 2.05) is 75.4 Å². The summed E-state index contributed by atoms with van der Waals surface area (Å²) >= 11 is 1.31. The molecular formula is C33H33N3OS. The van der Waals surface area contributed by atoms with Gasteiger partial charge in [-0.2, -0.15) is 5.26 Å². The van der Waals surface area contributed by atoms with E-state index < -0.39 is 5.25 Å². The highest BCUT2D eigenvalue weighted by Gasteiger charge is 2.23. The second kappa shape index (κ2) is 11.2. The Morgan fingerprint density at radius 1 is 0.921 bits per heavy atom. The molecule has 0 aliphatic heterocycles. The van der Waals surface area contributed by atoms with Gasteiger partial charge in [0.05, 0.1) is 16.5 Å². The molecule has 0 saturated carbocycles. The topological polar surface area (TPSA) is 65.8 Å². The summed E-state index contributed by atoms with van der Waals surface area (Å²) in [6.45, 7) is 12.4. The minimum Gasteiger partial charge on any atom is -0.325 e. The fourth-order valence-electron chi connectivity index (χ4n) is 4.31. The Balaban J connectivity index is 1.75. The van der Waals surface area contributed by atoms with Gasteiger partial charge in [0.2, 0.25) is 5.91 Å². The normalized spacial score (nSPS) is 12.0. The Labute approximate surface area is 230 Å². The van der Waals surface area contributed by atoms with E-state index >= 15 is 0 Å². The van der Waals surface area contributed by atoms with Gasteiger partial charge in [-0.15, -0.1) is 0 Å². The van der Waals surface area contributed by atoms with Crippen LogP contribution < -0.4 is 5.32 Å². The van der Waals surface area contributed by atoms with Crippen molar-refractivity contribution in [2.45, 2.75) is 57.2 Å². The minimum absolute atomic E-state index is 0.0311. The molecule has 1 aromatic heterocycles. The summed E-state index contributed by atoms with van der Waals surface area (Å²) in [7, 11) is 0. The number of aromatic nitrogens is 1. The molecule has 0 bridgehead atoms. The first kappa shape index (κ1) is 27.2. The molecule has 4 nitrogen and oxygen atoms in total. The number of anilines is 1. The fourth-order valence-corrected chi connectivity index (χ4v) is 5.23. The van der Waals surface area contributed by atoms with Gasteiger partial charge in [-0.25, -0.2) is 4.98 Å². The Morgan fingerprint density at radius 3 is 2.13 bits per heavy atom. The van der Waals surface area contributed by atoms with Gasteiger partial charge in [-0.1, -0.05) is 105 Å². The SMILES string of the molecule is Cc1cccc(C)c1NC(=O)C(C)Sc1nc(-c2ccccc2)cc(-c2ccc(C(C)(C)C)cc2)c1C#N. The number of carbonyl (C=O) groups excluding carboxylic acids is 1. The molecule has 1 amide bonds. The van der Waals surface area contributed by atoms with E-state index in [0.717, 1.165) is 39.2 Å². The van der Waals surface area contributed by atoms with E-state index in [2.05, 4.69) is 56.4 Å². The molecule has 4 rings (SSSR count). The van der Waals surface area contributed by atoms with Crippen LogP contribution in [0.3, 0.4) is 0 Å².